The minimum atomic E-state index is -0.0677. The molecule has 0 radical (unpaired) electrons. The first-order chi connectivity index (χ1) is 8.61. The fraction of sp³-hybridized carbons (Fsp3) is 0.308. The molecule has 2 aromatic rings. The number of rotatable bonds is 4. The average molecular weight is 311 g/mol. The Labute approximate surface area is 114 Å². The van der Waals surface area contributed by atoms with Gasteiger partial charge in [-0.25, -0.2) is 0 Å². The molecule has 2 rings (SSSR count). The van der Waals surface area contributed by atoms with Crippen LogP contribution in [0.5, 0.6) is 5.75 Å². The first kappa shape index (κ1) is 13.1. The molecule has 0 aliphatic rings. The fourth-order valence-electron chi connectivity index (χ4n) is 1.76. The minimum Gasteiger partial charge on any atom is -0.485 e. The Hall–Kier alpha value is -1.33. The Balaban J connectivity index is 2.46. The van der Waals surface area contributed by atoms with Crippen molar-refractivity contribution in [3.63, 3.8) is 0 Å². The van der Waals surface area contributed by atoms with Gasteiger partial charge in [0.2, 0.25) is 0 Å². The van der Waals surface area contributed by atoms with Crippen molar-refractivity contribution in [2.24, 2.45) is 0 Å². The lowest BCUT2D eigenvalue weighted by Crippen LogP contribution is -2.18. The Morgan fingerprint density at radius 3 is 2.94 bits per heavy atom. The molecule has 0 fully saturated rings. The lowest BCUT2D eigenvalue weighted by Gasteiger charge is -2.17. The maximum Gasteiger partial charge on any atom is 0.153 e. The van der Waals surface area contributed by atoms with Crippen LogP contribution in [-0.4, -0.2) is 24.8 Å². The normalized spacial score (nSPS) is 12.6. The number of hydrogen-bond donors (Lipinski definition) is 1. The molecule has 0 spiro atoms. The summed E-state index contributed by atoms with van der Waals surface area (Å²) >= 11 is 3.44. The van der Waals surface area contributed by atoms with E-state index in [9.17, 15) is 0 Å². The van der Waals surface area contributed by atoms with Crippen molar-refractivity contribution in [1.29, 1.82) is 0 Å². The Morgan fingerprint density at radius 1 is 1.44 bits per heavy atom. The number of methoxy groups -OCH3 is 1. The molecular weight excluding hydrogens is 296 g/mol. The van der Waals surface area contributed by atoms with E-state index in [1.165, 1.54) is 0 Å². The number of anilines is 1. The molecule has 18 heavy (non-hydrogen) atoms. The molecule has 1 aromatic carbocycles. The number of nitrogens with two attached hydrogens (primary N) is 1. The van der Waals surface area contributed by atoms with E-state index >= 15 is 0 Å². The summed E-state index contributed by atoms with van der Waals surface area (Å²) in [6.07, 6.45) is 1.55. The van der Waals surface area contributed by atoms with E-state index in [0.29, 0.717) is 18.0 Å². The summed E-state index contributed by atoms with van der Waals surface area (Å²) < 4.78 is 11.9. The van der Waals surface area contributed by atoms with E-state index in [1.807, 2.05) is 25.1 Å². The lowest BCUT2D eigenvalue weighted by molar-refractivity contribution is 0.0935. The van der Waals surface area contributed by atoms with E-state index < -0.39 is 0 Å². The second kappa shape index (κ2) is 5.54. The van der Waals surface area contributed by atoms with E-state index in [4.69, 9.17) is 15.2 Å². The van der Waals surface area contributed by atoms with Crippen molar-refractivity contribution in [3.05, 3.63) is 28.9 Å². The molecule has 1 unspecified atom stereocenters. The van der Waals surface area contributed by atoms with Gasteiger partial charge in [0.1, 0.15) is 6.10 Å². The highest BCUT2D eigenvalue weighted by molar-refractivity contribution is 9.10. The van der Waals surface area contributed by atoms with Gasteiger partial charge in [-0.05, 0) is 25.1 Å². The van der Waals surface area contributed by atoms with Crippen molar-refractivity contribution in [3.8, 4) is 5.75 Å². The highest BCUT2D eigenvalue weighted by Gasteiger charge is 2.12. The largest absolute Gasteiger partial charge is 0.485 e. The van der Waals surface area contributed by atoms with Crippen molar-refractivity contribution in [2.45, 2.75) is 13.0 Å². The molecule has 1 aromatic heterocycles. The number of hydrogen-bond acceptors (Lipinski definition) is 4. The van der Waals surface area contributed by atoms with Crippen LogP contribution < -0.4 is 10.5 Å². The van der Waals surface area contributed by atoms with Gasteiger partial charge in [0.25, 0.3) is 0 Å². The van der Waals surface area contributed by atoms with Crippen LogP contribution in [-0.2, 0) is 4.74 Å². The summed E-state index contributed by atoms with van der Waals surface area (Å²) in [7, 11) is 1.64. The third-order valence-corrected chi connectivity index (χ3v) is 3.02. The smallest absolute Gasteiger partial charge is 0.153 e. The van der Waals surface area contributed by atoms with Gasteiger partial charge in [-0.2, -0.15) is 0 Å². The number of nitrogens with zero attached hydrogens (tertiary/aromatic N) is 1. The summed E-state index contributed by atoms with van der Waals surface area (Å²) in [6, 6.07) is 5.81. The van der Waals surface area contributed by atoms with E-state index in [0.717, 1.165) is 15.4 Å². The van der Waals surface area contributed by atoms with Crippen LogP contribution in [0.4, 0.5) is 5.69 Å². The number of fused-ring (bicyclic) bond motifs is 1. The third-order valence-electron chi connectivity index (χ3n) is 2.53. The van der Waals surface area contributed by atoms with Crippen LogP contribution in [0, 0.1) is 0 Å². The number of benzene rings is 1. The van der Waals surface area contributed by atoms with Gasteiger partial charge < -0.3 is 15.2 Å². The van der Waals surface area contributed by atoms with Crippen LogP contribution in [0.2, 0.25) is 0 Å². The van der Waals surface area contributed by atoms with Gasteiger partial charge >= 0.3 is 0 Å². The predicted octanol–water partition coefficient (Wildman–Crippen LogP) is 2.99. The molecule has 0 amide bonds. The van der Waals surface area contributed by atoms with Gasteiger partial charge in [0.05, 0.1) is 24.0 Å². The van der Waals surface area contributed by atoms with Gasteiger partial charge in [0.15, 0.2) is 5.75 Å². The molecule has 1 heterocycles. The zero-order chi connectivity index (χ0) is 13.1. The highest BCUT2D eigenvalue weighted by Crippen LogP contribution is 2.32. The monoisotopic (exact) mass is 310 g/mol. The second-order valence-electron chi connectivity index (χ2n) is 4.09. The number of ether oxygens (including phenoxy) is 2. The van der Waals surface area contributed by atoms with Gasteiger partial charge in [-0.1, -0.05) is 15.9 Å². The minimum absolute atomic E-state index is 0.0677. The van der Waals surface area contributed by atoms with Crippen molar-refractivity contribution < 1.29 is 9.47 Å². The molecule has 0 saturated heterocycles. The molecule has 0 bridgehead atoms. The van der Waals surface area contributed by atoms with Crippen LogP contribution in [0.3, 0.4) is 0 Å². The average Bonchev–Trinajstić information content (AvgIpc) is 2.33. The van der Waals surface area contributed by atoms with E-state index in [-0.39, 0.29) is 6.10 Å². The number of nitrogen functional groups attached to an aromatic ring is 1. The standard InChI is InChI=1S/C13H15BrN2O2/c1-8(7-17-2)18-13-10-5-9(14)3-4-12(10)16-6-11(13)15/h3-6,8H,7,15H2,1-2H3. The molecule has 2 N–H and O–H groups in total. The van der Waals surface area contributed by atoms with Gasteiger partial charge in [0, 0.05) is 17.0 Å². The Bertz CT molecular complexity index is 555. The molecule has 0 saturated carbocycles. The summed E-state index contributed by atoms with van der Waals surface area (Å²) in [5.41, 5.74) is 7.32. The first-order valence-electron chi connectivity index (χ1n) is 5.61. The maximum atomic E-state index is 5.94. The fourth-order valence-corrected chi connectivity index (χ4v) is 2.12. The Kier molecular flexibility index (Phi) is 4.04. The third kappa shape index (κ3) is 2.73. The summed E-state index contributed by atoms with van der Waals surface area (Å²) in [4.78, 5) is 4.28. The second-order valence-corrected chi connectivity index (χ2v) is 5.00. The number of aromatic nitrogens is 1. The topological polar surface area (TPSA) is 57.4 Å². The van der Waals surface area contributed by atoms with Gasteiger partial charge in [-0.15, -0.1) is 0 Å². The maximum absolute atomic E-state index is 5.94. The van der Waals surface area contributed by atoms with Crippen LogP contribution >= 0.6 is 15.9 Å². The highest BCUT2D eigenvalue weighted by atomic mass is 79.9. The quantitative estimate of drug-likeness (QED) is 0.943. The lowest BCUT2D eigenvalue weighted by atomic mass is 10.2. The molecular formula is C13H15BrN2O2. The van der Waals surface area contributed by atoms with E-state index in [2.05, 4.69) is 20.9 Å². The molecule has 96 valence electrons. The SMILES string of the molecule is COCC(C)Oc1c(N)cnc2ccc(Br)cc12. The van der Waals surface area contributed by atoms with Crippen molar-refractivity contribution in [2.75, 3.05) is 19.5 Å². The zero-order valence-corrected chi connectivity index (χ0v) is 11.9. The number of halogens is 1. The van der Waals surface area contributed by atoms with Crippen LogP contribution in [0.1, 0.15) is 6.92 Å². The summed E-state index contributed by atoms with van der Waals surface area (Å²) in [5, 5.41) is 0.896. The summed E-state index contributed by atoms with van der Waals surface area (Å²) in [6.45, 7) is 2.45. The molecule has 1 atom stereocenters. The zero-order valence-electron chi connectivity index (χ0n) is 10.3. The summed E-state index contributed by atoms with van der Waals surface area (Å²) in [5.74, 6) is 0.658. The number of pyridine rings is 1. The van der Waals surface area contributed by atoms with Crippen molar-refractivity contribution in [1.82, 2.24) is 4.98 Å². The molecule has 0 aliphatic carbocycles. The van der Waals surface area contributed by atoms with Crippen molar-refractivity contribution >= 4 is 32.5 Å². The van der Waals surface area contributed by atoms with E-state index in [1.54, 1.807) is 13.3 Å². The van der Waals surface area contributed by atoms with Crippen LogP contribution in [0.15, 0.2) is 28.9 Å². The Morgan fingerprint density at radius 2 is 2.22 bits per heavy atom. The molecule has 4 nitrogen and oxygen atoms in total. The molecule has 0 aliphatic heterocycles. The molecule has 5 heteroatoms. The van der Waals surface area contributed by atoms with Gasteiger partial charge in [-0.3, -0.25) is 4.98 Å². The van der Waals surface area contributed by atoms with Crippen LogP contribution in [0.25, 0.3) is 10.9 Å². The first-order valence-corrected chi connectivity index (χ1v) is 6.40. The predicted molar refractivity (Wildman–Crippen MR) is 75.8 cm³/mol.